The van der Waals surface area contributed by atoms with Crippen LogP contribution in [0.25, 0.3) is 0 Å². The van der Waals surface area contributed by atoms with Crippen LogP contribution in [0, 0.1) is 0 Å². The molecule has 0 aliphatic heterocycles. The normalized spacial score (nSPS) is 11.7. The van der Waals surface area contributed by atoms with E-state index in [9.17, 15) is 8.42 Å². The lowest BCUT2D eigenvalue weighted by Crippen LogP contribution is -2.25. The number of sulfonamides is 1. The Morgan fingerprint density at radius 3 is 2.56 bits per heavy atom. The first-order chi connectivity index (χ1) is 7.47. The molecule has 90 valence electrons. The fourth-order valence-electron chi connectivity index (χ4n) is 1.15. The van der Waals surface area contributed by atoms with Crippen molar-refractivity contribution in [1.82, 2.24) is 4.72 Å². The van der Waals surface area contributed by atoms with Gasteiger partial charge in [-0.05, 0) is 40.5 Å². The monoisotopic (exact) mass is 369 g/mol. The molecule has 0 saturated heterocycles. The highest BCUT2D eigenvalue weighted by molar-refractivity contribution is 9.11. The van der Waals surface area contributed by atoms with Gasteiger partial charge in [-0.1, -0.05) is 29.3 Å². The molecule has 1 rings (SSSR count). The number of unbranched alkanes of at least 4 members (excludes halogenated alkanes) is 1. The highest BCUT2D eigenvalue weighted by Crippen LogP contribution is 2.25. The summed E-state index contributed by atoms with van der Waals surface area (Å²) < 4.78 is 27.7. The van der Waals surface area contributed by atoms with Crippen molar-refractivity contribution in [2.24, 2.45) is 0 Å². The summed E-state index contributed by atoms with van der Waals surface area (Å²) in [4.78, 5) is 0.270. The van der Waals surface area contributed by atoms with Crippen LogP contribution in [0.15, 0.2) is 32.0 Å². The Bertz CT molecular complexity index is 460. The molecular weight excluding hydrogens is 358 g/mol. The molecular formula is C10H13Br2NO2S. The van der Waals surface area contributed by atoms with Crippen molar-refractivity contribution in [2.75, 3.05) is 6.54 Å². The lowest BCUT2D eigenvalue weighted by molar-refractivity contribution is 0.578. The Kier molecular flexibility index (Phi) is 5.43. The van der Waals surface area contributed by atoms with Crippen LogP contribution in [-0.2, 0) is 10.0 Å². The van der Waals surface area contributed by atoms with Crippen molar-refractivity contribution in [3.63, 3.8) is 0 Å². The van der Waals surface area contributed by atoms with Crippen molar-refractivity contribution >= 4 is 41.9 Å². The molecule has 0 saturated carbocycles. The van der Waals surface area contributed by atoms with Gasteiger partial charge in [0.1, 0.15) is 0 Å². The van der Waals surface area contributed by atoms with Crippen LogP contribution in [0.1, 0.15) is 19.8 Å². The molecule has 0 atom stereocenters. The quantitative estimate of drug-likeness (QED) is 0.808. The minimum absolute atomic E-state index is 0.270. The third-order valence-electron chi connectivity index (χ3n) is 2.01. The molecule has 0 aliphatic carbocycles. The predicted molar refractivity (Wildman–Crippen MR) is 71.9 cm³/mol. The Balaban J connectivity index is 2.90. The van der Waals surface area contributed by atoms with E-state index in [1.165, 1.54) is 0 Å². The Morgan fingerprint density at radius 1 is 1.31 bits per heavy atom. The maximum absolute atomic E-state index is 11.9. The fourth-order valence-corrected chi connectivity index (χ4v) is 3.97. The van der Waals surface area contributed by atoms with Gasteiger partial charge in [0, 0.05) is 15.5 Å². The average Bonchev–Trinajstić information content (AvgIpc) is 2.17. The first-order valence-corrected chi connectivity index (χ1v) is 7.99. The molecule has 0 unspecified atom stereocenters. The number of benzene rings is 1. The number of halogens is 2. The van der Waals surface area contributed by atoms with Gasteiger partial charge < -0.3 is 0 Å². The smallest absolute Gasteiger partial charge is 0.211 e. The van der Waals surface area contributed by atoms with Crippen LogP contribution in [0.4, 0.5) is 0 Å². The van der Waals surface area contributed by atoms with Gasteiger partial charge in [-0.3, -0.25) is 0 Å². The molecule has 6 heteroatoms. The standard InChI is InChI=1S/C10H13Br2NO2S/c1-2-3-6-13-16(14,15)10-5-4-8(11)7-9(10)12/h4-5,7,13H,2-3,6H2,1H3. The van der Waals surface area contributed by atoms with Crippen molar-refractivity contribution in [3.05, 3.63) is 27.1 Å². The molecule has 0 heterocycles. The van der Waals surface area contributed by atoms with Gasteiger partial charge in [0.05, 0.1) is 4.90 Å². The van der Waals surface area contributed by atoms with E-state index in [4.69, 9.17) is 0 Å². The molecule has 3 nitrogen and oxygen atoms in total. The number of nitrogens with one attached hydrogen (secondary N) is 1. The number of rotatable bonds is 5. The largest absolute Gasteiger partial charge is 0.241 e. The zero-order valence-corrected chi connectivity index (χ0v) is 12.8. The van der Waals surface area contributed by atoms with E-state index in [2.05, 4.69) is 36.6 Å². The van der Waals surface area contributed by atoms with E-state index in [0.29, 0.717) is 11.0 Å². The van der Waals surface area contributed by atoms with E-state index in [-0.39, 0.29) is 4.90 Å². The molecule has 0 radical (unpaired) electrons. The lowest BCUT2D eigenvalue weighted by atomic mass is 10.3. The molecule has 0 amide bonds. The third-order valence-corrected chi connectivity index (χ3v) is 4.94. The van der Waals surface area contributed by atoms with Crippen LogP contribution < -0.4 is 4.72 Å². The maximum Gasteiger partial charge on any atom is 0.241 e. The van der Waals surface area contributed by atoms with Crippen molar-refractivity contribution in [2.45, 2.75) is 24.7 Å². The summed E-state index contributed by atoms with van der Waals surface area (Å²) in [5, 5.41) is 0. The Labute approximate surface area is 113 Å². The van der Waals surface area contributed by atoms with Gasteiger partial charge in [-0.25, -0.2) is 13.1 Å². The highest BCUT2D eigenvalue weighted by atomic mass is 79.9. The summed E-state index contributed by atoms with van der Waals surface area (Å²) in [5.41, 5.74) is 0. The van der Waals surface area contributed by atoms with Crippen molar-refractivity contribution in [1.29, 1.82) is 0 Å². The lowest BCUT2D eigenvalue weighted by Gasteiger charge is -2.08. The minimum Gasteiger partial charge on any atom is -0.211 e. The summed E-state index contributed by atoms with van der Waals surface area (Å²) in [5.74, 6) is 0. The van der Waals surface area contributed by atoms with Gasteiger partial charge in [0.2, 0.25) is 10.0 Å². The maximum atomic E-state index is 11.9. The van der Waals surface area contributed by atoms with Gasteiger partial charge >= 0.3 is 0 Å². The molecule has 0 aliphatic rings. The van der Waals surface area contributed by atoms with Crippen LogP contribution in [0.3, 0.4) is 0 Å². The second-order valence-electron chi connectivity index (χ2n) is 3.33. The van der Waals surface area contributed by atoms with E-state index in [0.717, 1.165) is 17.3 Å². The van der Waals surface area contributed by atoms with Crippen LogP contribution in [0.2, 0.25) is 0 Å². The molecule has 0 fully saturated rings. The molecule has 0 aromatic heterocycles. The van der Waals surface area contributed by atoms with Crippen molar-refractivity contribution < 1.29 is 8.42 Å². The van der Waals surface area contributed by atoms with Gasteiger partial charge in [-0.15, -0.1) is 0 Å². The summed E-state index contributed by atoms with van der Waals surface area (Å²) in [7, 11) is -3.40. The SMILES string of the molecule is CCCCNS(=O)(=O)c1ccc(Br)cc1Br. The second kappa shape index (κ2) is 6.14. The van der Waals surface area contributed by atoms with Crippen LogP contribution in [-0.4, -0.2) is 15.0 Å². The number of hydrogen-bond donors (Lipinski definition) is 1. The molecule has 1 N–H and O–H groups in total. The van der Waals surface area contributed by atoms with Crippen molar-refractivity contribution in [3.8, 4) is 0 Å². The molecule has 1 aromatic carbocycles. The average molecular weight is 371 g/mol. The number of hydrogen-bond acceptors (Lipinski definition) is 2. The zero-order valence-electron chi connectivity index (χ0n) is 8.83. The Hall–Kier alpha value is 0.0900. The summed E-state index contributed by atoms with van der Waals surface area (Å²) in [6, 6.07) is 5.00. The van der Waals surface area contributed by atoms with Crippen LogP contribution in [0.5, 0.6) is 0 Å². The first-order valence-electron chi connectivity index (χ1n) is 4.92. The molecule has 0 spiro atoms. The second-order valence-corrected chi connectivity index (χ2v) is 6.83. The predicted octanol–water partition coefficient (Wildman–Crippen LogP) is 3.29. The summed E-state index contributed by atoms with van der Waals surface area (Å²) in [6.07, 6.45) is 1.80. The Morgan fingerprint density at radius 2 is 2.00 bits per heavy atom. The molecule has 1 aromatic rings. The van der Waals surface area contributed by atoms with Gasteiger partial charge in [-0.2, -0.15) is 0 Å². The van der Waals surface area contributed by atoms with Crippen LogP contribution >= 0.6 is 31.9 Å². The van der Waals surface area contributed by atoms with Gasteiger partial charge in [0.25, 0.3) is 0 Å². The van der Waals surface area contributed by atoms with E-state index >= 15 is 0 Å². The van der Waals surface area contributed by atoms with E-state index in [1.54, 1.807) is 18.2 Å². The summed E-state index contributed by atoms with van der Waals surface area (Å²) >= 11 is 6.52. The topological polar surface area (TPSA) is 46.2 Å². The zero-order chi connectivity index (χ0) is 12.2. The molecule has 16 heavy (non-hydrogen) atoms. The third kappa shape index (κ3) is 3.84. The molecule has 0 bridgehead atoms. The first kappa shape index (κ1) is 14.2. The summed E-state index contributed by atoms with van der Waals surface area (Å²) in [6.45, 7) is 2.49. The van der Waals surface area contributed by atoms with E-state index in [1.807, 2.05) is 6.92 Å². The minimum atomic E-state index is -3.40. The van der Waals surface area contributed by atoms with E-state index < -0.39 is 10.0 Å². The highest BCUT2D eigenvalue weighted by Gasteiger charge is 2.16. The van der Waals surface area contributed by atoms with Gasteiger partial charge in [0.15, 0.2) is 0 Å². The fraction of sp³-hybridized carbons (Fsp3) is 0.400.